The third-order valence-electron chi connectivity index (χ3n) is 3.45. The molecule has 0 aromatic heterocycles. The summed E-state index contributed by atoms with van der Waals surface area (Å²) >= 11 is 6.18. The van der Waals surface area contributed by atoms with Crippen molar-refractivity contribution in [3.8, 4) is 5.75 Å². The number of para-hydroxylation sites is 1. The minimum absolute atomic E-state index is 0.0541. The molecule has 0 saturated heterocycles. The normalized spacial score (nSPS) is 14.3. The number of fused-ring (bicyclic) bond motifs is 1. The number of carbonyl (C=O) groups is 1. The molecule has 1 amide bonds. The Morgan fingerprint density at radius 3 is 2.90 bits per heavy atom. The number of benzene rings is 2. The fourth-order valence-electron chi connectivity index (χ4n) is 2.38. The van der Waals surface area contributed by atoms with Crippen molar-refractivity contribution in [2.45, 2.75) is 6.54 Å². The highest BCUT2D eigenvalue weighted by Crippen LogP contribution is 2.26. The Morgan fingerprint density at radius 1 is 1.24 bits per heavy atom. The first-order valence-corrected chi connectivity index (χ1v) is 7.08. The molecular formula is C16H15ClN2O2. The summed E-state index contributed by atoms with van der Waals surface area (Å²) in [6, 6.07) is 12.6. The van der Waals surface area contributed by atoms with Gasteiger partial charge in [-0.1, -0.05) is 23.7 Å². The highest BCUT2D eigenvalue weighted by Gasteiger charge is 2.23. The van der Waals surface area contributed by atoms with Gasteiger partial charge in [0.15, 0.2) is 0 Å². The van der Waals surface area contributed by atoms with E-state index >= 15 is 0 Å². The van der Waals surface area contributed by atoms with Crippen molar-refractivity contribution >= 4 is 23.2 Å². The summed E-state index contributed by atoms with van der Waals surface area (Å²) < 4.78 is 5.62. The molecular weight excluding hydrogens is 288 g/mol. The van der Waals surface area contributed by atoms with Crippen LogP contribution in [0.3, 0.4) is 0 Å². The molecule has 0 atom stereocenters. The zero-order chi connectivity index (χ0) is 14.8. The number of nitrogens with zero attached hydrogens (tertiary/aromatic N) is 1. The molecule has 108 valence electrons. The molecule has 3 rings (SSSR count). The topological polar surface area (TPSA) is 55.6 Å². The molecule has 0 saturated carbocycles. The number of nitrogen functional groups attached to an aromatic ring is 1. The van der Waals surface area contributed by atoms with Crippen molar-refractivity contribution < 1.29 is 9.53 Å². The number of rotatable bonds is 2. The average Bonchev–Trinajstić information content (AvgIpc) is 2.64. The van der Waals surface area contributed by atoms with E-state index in [1.165, 1.54) is 0 Å². The molecule has 2 aromatic carbocycles. The number of halogens is 1. The maximum absolute atomic E-state index is 12.6. The van der Waals surface area contributed by atoms with Crippen molar-refractivity contribution in [1.29, 1.82) is 0 Å². The minimum Gasteiger partial charge on any atom is -0.491 e. The van der Waals surface area contributed by atoms with Gasteiger partial charge in [-0.15, -0.1) is 0 Å². The predicted molar refractivity (Wildman–Crippen MR) is 82.5 cm³/mol. The lowest BCUT2D eigenvalue weighted by Gasteiger charge is -2.20. The highest BCUT2D eigenvalue weighted by atomic mass is 35.5. The summed E-state index contributed by atoms with van der Waals surface area (Å²) in [5.41, 5.74) is 7.84. The second kappa shape index (κ2) is 5.66. The van der Waals surface area contributed by atoms with Gasteiger partial charge in [-0.3, -0.25) is 4.79 Å². The van der Waals surface area contributed by atoms with Crippen molar-refractivity contribution in [3.63, 3.8) is 0 Å². The van der Waals surface area contributed by atoms with Crippen LogP contribution in [0.25, 0.3) is 0 Å². The number of anilines is 1. The van der Waals surface area contributed by atoms with Crippen LogP contribution in [0.2, 0.25) is 5.02 Å². The van der Waals surface area contributed by atoms with Gasteiger partial charge in [-0.2, -0.15) is 0 Å². The molecule has 0 fully saturated rings. The Morgan fingerprint density at radius 2 is 2.05 bits per heavy atom. The number of ether oxygens (including phenoxy) is 1. The first kappa shape index (κ1) is 13.8. The monoisotopic (exact) mass is 302 g/mol. The molecule has 4 nitrogen and oxygen atoms in total. The largest absolute Gasteiger partial charge is 0.491 e. The summed E-state index contributed by atoms with van der Waals surface area (Å²) in [5.74, 6) is 0.574. The van der Waals surface area contributed by atoms with E-state index in [2.05, 4.69) is 0 Å². The van der Waals surface area contributed by atoms with Crippen LogP contribution in [0.1, 0.15) is 15.9 Å². The van der Waals surface area contributed by atoms with Gasteiger partial charge in [0, 0.05) is 17.3 Å². The summed E-state index contributed by atoms with van der Waals surface area (Å²) in [7, 11) is 0. The first-order chi connectivity index (χ1) is 10.1. The molecule has 0 aliphatic carbocycles. The average molecular weight is 303 g/mol. The standard InChI is InChI=1S/C16H15ClN2O2/c17-14-6-5-12(18)9-11(14)10-19-7-8-21-15-4-2-1-3-13(15)16(19)20/h1-6,9H,7-8,10,18H2. The summed E-state index contributed by atoms with van der Waals surface area (Å²) in [6.07, 6.45) is 0. The van der Waals surface area contributed by atoms with E-state index in [1.54, 1.807) is 29.2 Å². The first-order valence-electron chi connectivity index (χ1n) is 6.70. The van der Waals surface area contributed by atoms with E-state index in [0.29, 0.717) is 41.7 Å². The van der Waals surface area contributed by atoms with Crippen LogP contribution in [-0.4, -0.2) is 24.0 Å². The highest BCUT2D eigenvalue weighted by molar-refractivity contribution is 6.31. The smallest absolute Gasteiger partial charge is 0.258 e. The second-order valence-electron chi connectivity index (χ2n) is 4.92. The lowest BCUT2D eigenvalue weighted by atomic mass is 10.1. The Balaban J connectivity index is 1.89. The van der Waals surface area contributed by atoms with Crippen LogP contribution in [0.5, 0.6) is 5.75 Å². The molecule has 5 heteroatoms. The number of hydrogen-bond donors (Lipinski definition) is 1. The van der Waals surface area contributed by atoms with E-state index in [1.807, 2.05) is 18.2 Å². The SMILES string of the molecule is Nc1ccc(Cl)c(CN2CCOc3ccccc3C2=O)c1. The summed E-state index contributed by atoms with van der Waals surface area (Å²) in [4.78, 5) is 14.3. The lowest BCUT2D eigenvalue weighted by molar-refractivity contribution is 0.0743. The van der Waals surface area contributed by atoms with E-state index in [4.69, 9.17) is 22.1 Å². The van der Waals surface area contributed by atoms with Gasteiger partial charge < -0.3 is 15.4 Å². The quantitative estimate of drug-likeness (QED) is 0.868. The molecule has 21 heavy (non-hydrogen) atoms. The lowest BCUT2D eigenvalue weighted by Crippen LogP contribution is -2.32. The molecule has 0 spiro atoms. The van der Waals surface area contributed by atoms with Crippen molar-refractivity contribution in [2.24, 2.45) is 0 Å². The fraction of sp³-hybridized carbons (Fsp3) is 0.188. The van der Waals surface area contributed by atoms with Crippen LogP contribution in [-0.2, 0) is 6.54 Å². The van der Waals surface area contributed by atoms with Gasteiger partial charge in [0.1, 0.15) is 12.4 Å². The van der Waals surface area contributed by atoms with Crippen molar-refractivity contribution in [3.05, 3.63) is 58.6 Å². The molecule has 2 N–H and O–H groups in total. The molecule has 0 unspecified atom stereocenters. The van der Waals surface area contributed by atoms with Gasteiger partial charge in [0.05, 0.1) is 12.1 Å². The minimum atomic E-state index is -0.0541. The van der Waals surface area contributed by atoms with Gasteiger partial charge in [-0.05, 0) is 35.9 Å². The molecule has 0 bridgehead atoms. The molecule has 0 radical (unpaired) electrons. The zero-order valence-corrected chi connectivity index (χ0v) is 12.1. The van der Waals surface area contributed by atoms with E-state index in [-0.39, 0.29) is 5.91 Å². The van der Waals surface area contributed by atoms with Gasteiger partial charge in [-0.25, -0.2) is 0 Å². The zero-order valence-electron chi connectivity index (χ0n) is 11.4. The van der Waals surface area contributed by atoms with Crippen LogP contribution in [0.4, 0.5) is 5.69 Å². The Kier molecular flexibility index (Phi) is 3.71. The van der Waals surface area contributed by atoms with E-state index < -0.39 is 0 Å². The molecule has 1 heterocycles. The summed E-state index contributed by atoms with van der Waals surface area (Å²) in [6.45, 7) is 1.39. The third-order valence-corrected chi connectivity index (χ3v) is 3.82. The number of carbonyl (C=O) groups excluding carboxylic acids is 1. The van der Waals surface area contributed by atoms with E-state index in [0.717, 1.165) is 5.56 Å². The van der Waals surface area contributed by atoms with Gasteiger partial charge in [0.2, 0.25) is 0 Å². The second-order valence-corrected chi connectivity index (χ2v) is 5.33. The maximum Gasteiger partial charge on any atom is 0.258 e. The van der Waals surface area contributed by atoms with Crippen LogP contribution < -0.4 is 10.5 Å². The van der Waals surface area contributed by atoms with Crippen LogP contribution in [0.15, 0.2) is 42.5 Å². The molecule has 1 aliphatic rings. The Labute approximate surface area is 128 Å². The van der Waals surface area contributed by atoms with Crippen LogP contribution in [0, 0.1) is 0 Å². The van der Waals surface area contributed by atoms with Crippen molar-refractivity contribution in [1.82, 2.24) is 4.90 Å². The fourth-order valence-corrected chi connectivity index (χ4v) is 2.56. The number of nitrogens with two attached hydrogens (primary N) is 1. The number of hydrogen-bond acceptors (Lipinski definition) is 3. The maximum atomic E-state index is 12.6. The summed E-state index contributed by atoms with van der Waals surface area (Å²) in [5, 5.41) is 0.607. The molecule has 2 aromatic rings. The van der Waals surface area contributed by atoms with Crippen LogP contribution >= 0.6 is 11.6 Å². The predicted octanol–water partition coefficient (Wildman–Crippen LogP) is 2.96. The van der Waals surface area contributed by atoms with E-state index in [9.17, 15) is 4.79 Å². The Hall–Kier alpha value is -2.20. The van der Waals surface area contributed by atoms with Gasteiger partial charge in [0.25, 0.3) is 5.91 Å². The Bertz CT molecular complexity index is 688. The molecule has 1 aliphatic heterocycles. The van der Waals surface area contributed by atoms with Crippen molar-refractivity contribution in [2.75, 3.05) is 18.9 Å². The van der Waals surface area contributed by atoms with Gasteiger partial charge >= 0.3 is 0 Å². The number of amides is 1. The third kappa shape index (κ3) is 2.81.